The molecule has 2 amide bonds. The van der Waals surface area contributed by atoms with E-state index in [9.17, 15) is 9.59 Å². The van der Waals surface area contributed by atoms with E-state index in [1.807, 2.05) is 78.9 Å². The molecule has 3 aromatic carbocycles. The molecule has 0 aromatic heterocycles. The van der Waals surface area contributed by atoms with Crippen molar-refractivity contribution < 1.29 is 19.1 Å². The Balaban J connectivity index is 1.75. The third-order valence-corrected chi connectivity index (χ3v) is 6.70. The van der Waals surface area contributed by atoms with Gasteiger partial charge in [0.25, 0.3) is 0 Å². The lowest BCUT2D eigenvalue weighted by Gasteiger charge is -2.31. The average molecular weight is 582 g/mol. The fourth-order valence-electron chi connectivity index (χ4n) is 4.12. The summed E-state index contributed by atoms with van der Waals surface area (Å²) in [5.41, 5.74) is 1.97. The van der Waals surface area contributed by atoms with Crippen LogP contribution in [0.25, 0.3) is 0 Å². The summed E-state index contributed by atoms with van der Waals surface area (Å²) in [6.07, 6.45) is 3.14. The fraction of sp³-hybridized carbons (Fsp3) is 0.355. The molecule has 0 fully saturated rings. The smallest absolute Gasteiger partial charge is 0.243 e. The third kappa shape index (κ3) is 9.53. The van der Waals surface area contributed by atoms with Crippen LogP contribution < -0.4 is 14.8 Å². The molecule has 0 aliphatic carbocycles. The average Bonchev–Trinajstić information content (AvgIpc) is 2.94. The number of methoxy groups -OCH3 is 1. The zero-order valence-electron chi connectivity index (χ0n) is 22.2. The molecule has 1 N–H and O–H groups in total. The highest BCUT2D eigenvalue weighted by Crippen LogP contribution is 2.20. The van der Waals surface area contributed by atoms with E-state index in [4.69, 9.17) is 9.47 Å². The quantitative estimate of drug-likeness (QED) is 0.218. The van der Waals surface area contributed by atoms with Gasteiger partial charge in [0.1, 0.15) is 17.5 Å². The first-order valence-electron chi connectivity index (χ1n) is 13.1. The van der Waals surface area contributed by atoms with Crippen LogP contribution in [0.5, 0.6) is 11.5 Å². The lowest BCUT2D eigenvalue weighted by molar-refractivity contribution is -0.141. The summed E-state index contributed by atoms with van der Waals surface area (Å²) >= 11 is 3.53. The number of nitrogens with zero attached hydrogens (tertiary/aromatic N) is 1. The van der Waals surface area contributed by atoms with Crippen LogP contribution in [-0.2, 0) is 22.6 Å². The maximum atomic E-state index is 13.7. The van der Waals surface area contributed by atoms with Crippen molar-refractivity contribution in [2.75, 3.05) is 20.3 Å². The highest BCUT2D eigenvalue weighted by atomic mass is 79.9. The van der Waals surface area contributed by atoms with E-state index in [-0.39, 0.29) is 18.2 Å². The highest BCUT2D eigenvalue weighted by molar-refractivity contribution is 9.10. The molecule has 38 heavy (non-hydrogen) atoms. The molecule has 0 aliphatic rings. The van der Waals surface area contributed by atoms with Crippen molar-refractivity contribution in [3.63, 3.8) is 0 Å². The van der Waals surface area contributed by atoms with Gasteiger partial charge in [-0.05, 0) is 60.4 Å². The van der Waals surface area contributed by atoms with Crippen LogP contribution in [0.1, 0.15) is 43.7 Å². The SMILES string of the molecule is CCCCNC(=O)[C@@H](Cc1ccccc1)N(Cc1cccc(Br)c1)C(=O)CCCOc1ccc(OC)cc1. The van der Waals surface area contributed by atoms with Crippen LogP contribution >= 0.6 is 15.9 Å². The van der Waals surface area contributed by atoms with Crippen molar-refractivity contribution in [1.82, 2.24) is 10.2 Å². The fourth-order valence-corrected chi connectivity index (χ4v) is 4.57. The number of carbonyl (C=O) groups is 2. The lowest BCUT2D eigenvalue weighted by atomic mass is 10.0. The van der Waals surface area contributed by atoms with E-state index in [1.165, 1.54) is 0 Å². The van der Waals surface area contributed by atoms with Gasteiger partial charge in [0.05, 0.1) is 13.7 Å². The number of carbonyl (C=O) groups excluding carboxylic acids is 2. The zero-order chi connectivity index (χ0) is 27.2. The van der Waals surface area contributed by atoms with Gasteiger partial charge in [-0.1, -0.05) is 71.7 Å². The zero-order valence-corrected chi connectivity index (χ0v) is 23.8. The van der Waals surface area contributed by atoms with E-state index in [0.29, 0.717) is 32.5 Å². The molecule has 6 nitrogen and oxygen atoms in total. The number of amides is 2. The molecular weight excluding hydrogens is 544 g/mol. The Hall–Kier alpha value is -3.32. The molecule has 3 aromatic rings. The van der Waals surface area contributed by atoms with Crippen molar-refractivity contribution in [2.24, 2.45) is 0 Å². The van der Waals surface area contributed by atoms with Crippen LogP contribution in [0.3, 0.4) is 0 Å². The van der Waals surface area contributed by atoms with E-state index >= 15 is 0 Å². The van der Waals surface area contributed by atoms with Gasteiger partial charge in [0.2, 0.25) is 11.8 Å². The first-order chi connectivity index (χ1) is 18.5. The van der Waals surface area contributed by atoms with E-state index < -0.39 is 6.04 Å². The molecule has 0 heterocycles. The topological polar surface area (TPSA) is 67.9 Å². The molecule has 7 heteroatoms. The maximum absolute atomic E-state index is 13.7. The molecule has 0 bridgehead atoms. The van der Waals surface area contributed by atoms with Crippen molar-refractivity contribution in [3.8, 4) is 11.5 Å². The number of hydrogen-bond donors (Lipinski definition) is 1. The Kier molecular flexibility index (Phi) is 12.2. The Labute approximate surface area is 234 Å². The minimum Gasteiger partial charge on any atom is -0.497 e. The predicted molar refractivity (Wildman–Crippen MR) is 154 cm³/mol. The van der Waals surface area contributed by atoms with Crippen molar-refractivity contribution >= 4 is 27.7 Å². The standard InChI is InChI=1S/C31H37BrN2O4/c1-3-4-19-33-31(36)29(22-24-10-6-5-7-11-24)34(23-25-12-8-13-26(32)21-25)30(35)14-9-20-38-28-17-15-27(37-2)16-18-28/h5-8,10-13,15-18,21,29H,3-4,9,14,19-20,22-23H2,1-2H3,(H,33,36)/t29-/m1/s1. The molecule has 0 saturated heterocycles. The van der Waals surface area contributed by atoms with Gasteiger partial charge in [0, 0.05) is 30.4 Å². The number of benzene rings is 3. The largest absolute Gasteiger partial charge is 0.497 e. The summed E-state index contributed by atoms with van der Waals surface area (Å²) in [5, 5.41) is 3.06. The molecule has 0 radical (unpaired) electrons. The molecule has 3 rings (SSSR count). The van der Waals surface area contributed by atoms with E-state index in [2.05, 4.69) is 28.2 Å². The highest BCUT2D eigenvalue weighted by Gasteiger charge is 2.30. The number of unbranched alkanes of at least 4 members (excludes halogenated alkanes) is 1. The first-order valence-corrected chi connectivity index (χ1v) is 13.9. The Morgan fingerprint density at radius 1 is 0.921 bits per heavy atom. The van der Waals surface area contributed by atoms with Crippen molar-refractivity contribution in [1.29, 1.82) is 0 Å². The second-order valence-corrected chi connectivity index (χ2v) is 10.0. The summed E-state index contributed by atoms with van der Waals surface area (Å²) < 4.78 is 11.9. The number of hydrogen-bond acceptors (Lipinski definition) is 4. The van der Waals surface area contributed by atoms with Gasteiger partial charge in [-0.25, -0.2) is 0 Å². The molecule has 0 unspecified atom stereocenters. The number of halogens is 1. The number of ether oxygens (including phenoxy) is 2. The van der Waals surface area contributed by atoms with E-state index in [0.717, 1.165) is 39.9 Å². The molecule has 0 aliphatic heterocycles. The Morgan fingerprint density at radius 3 is 2.32 bits per heavy atom. The van der Waals surface area contributed by atoms with Crippen LogP contribution in [0.4, 0.5) is 0 Å². The second kappa shape index (κ2) is 15.8. The van der Waals surface area contributed by atoms with Crippen LogP contribution in [0.2, 0.25) is 0 Å². The van der Waals surface area contributed by atoms with Gasteiger partial charge in [-0.2, -0.15) is 0 Å². The summed E-state index contributed by atoms with van der Waals surface area (Å²) in [6.45, 7) is 3.42. The minimum atomic E-state index is -0.622. The summed E-state index contributed by atoms with van der Waals surface area (Å²) in [7, 11) is 1.62. The summed E-state index contributed by atoms with van der Waals surface area (Å²) in [5.74, 6) is 1.29. The number of rotatable bonds is 15. The summed E-state index contributed by atoms with van der Waals surface area (Å²) in [4.78, 5) is 28.8. The number of nitrogens with one attached hydrogen (secondary N) is 1. The Morgan fingerprint density at radius 2 is 1.63 bits per heavy atom. The van der Waals surface area contributed by atoms with Crippen LogP contribution in [0.15, 0.2) is 83.3 Å². The minimum absolute atomic E-state index is 0.0742. The first kappa shape index (κ1) is 29.2. The second-order valence-electron chi connectivity index (χ2n) is 9.13. The van der Waals surface area contributed by atoms with Gasteiger partial charge < -0.3 is 19.7 Å². The molecule has 202 valence electrons. The molecule has 0 spiro atoms. The monoisotopic (exact) mass is 580 g/mol. The molecule has 1 atom stereocenters. The normalized spacial score (nSPS) is 11.4. The van der Waals surface area contributed by atoms with Gasteiger partial charge in [-0.15, -0.1) is 0 Å². The third-order valence-electron chi connectivity index (χ3n) is 6.21. The predicted octanol–water partition coefficient (Wildman–Crippen LogP) is 6.17. The van der Waals surface area contributed by atoms with Crippen molar-refractivity contribution in [3.05, 3.63) is 94.5 Å². The lowest BCUT2D eigenvalue weighted by Crippen LogP contribution is -2.50. The van der Waals surface area contributed by atoms with Gasteiger partial charge in [-0.3, -0.25) is 9.59 Å². The Bertz CT molecular complexity index is 1140. The van der Waals surface area contributed by atoms with Gasteiger partial charge >= 0.3 is 0 Å². The van der Waals surface area contributed by atoms with E-state index in [1.54, 1.807) is 12.0 Å². The van der Waals surface area contributed by atoms with Gasteiger partial charge in [0.15, 0.2) is 0 Å². The van der Waals surface area contributed by atoms with Crippen LogP contribution in [0, 0.1) is 0 Å². The van der Waals surface area contributed by atoms with Crippen LogP contribution in [-0.4, -0.2) is 43.0 Å². The summed E-state index contributed by atoms with van der Waals surface area (Å²) in [6, 6.07) is 24.5. The molecular formula is C31H37BrN2O4. The maximum Gasteiger partial charge on any atom is 0.243 e. The molecule has 0 saturated carbocycles. The van der Waals surface area contributed by atoms with Crippen molar-refractivity contribution in [2.45, 2.75) is 51.6 Å².